The fraction of sp³-hybridized carbons (Fsp3) is 1.00. The van der Waals surface area contributed by atoms with Crippen LogP contribution in [0.4, 0.5) is 0 Å². The van der Waals surface area contributed by atoms with Crippen LogP contribution in [0.25, 0.3) is 0 Å². The maximum atomic E-state index is 9.61. The molecule has 3 heteroatoms. The second-order valence-corrected chi connectivity index (χ2v) is 7.43. The van der Waals surface area contributed by atoms with E-state index in [0.717, 1.165) is 13.0 Å². The Morgan fingerprint density at radius 2 is 2.11 bits per heavy atom. The molecule has 18 heavy (non-hydrogen) atoms. The topological polar surface area (TPSA) is 35.5 Å². The molecule has 0 aromatic heterocycles. The van der Waals surface area contributed by atoms with Gasteiger partial charge in [0.15, 0.2) is 0 Å². The lowest BCUT2D eigenvalue weighted by molar-refractivity contribution is 0.0929. The lowest BCUT2D eigenvalue weighted by Gasteiger charge is -2.40. The van der Waals surface area contributed by atoms with Crippen molar-refractivity contribution in [3.8, 4) is 0 Å². The summed E-state index contributed by atoms with van der Waals surface area (Å²) in [6.07, 6.45) is 6.29. The predicted molar refractivity (Wildman–Crippen MR) is 75.7 cm³/mol. The van der Waals surface area contributed by atoms with Gasteiger partial charge in [-0.25, -0.2) is 0 Å². The molecule has 0 aromatic rings. The fourth-order valence-corrected chi connectivity index (χ4v) is 3.06. The van der Waals surface area contributed by atoms with E-state index in [-0.39, 0.29) is 12.1 Å². The molecule has 2 N–H and O–H groups in total. The smallest absolute Gasteiger partial charge is 0.0611 e. The van der Waals surface area contributed by atoms with Gasteiger partial charge in [-0.05, 0) is 57.5 Å². The predicted octanol–water partition coefficient (Wildman–Crippen LogP) is 2.00. The zero-order chi connectivity index (χ0) is 13.2. The van der Waals surface area contributed by atoms with Crippen LogP contribution in [0.5, 0.6) is 0 Å². The third kappa shape index (κ3) is 4.22. The van der Waals surface area contributed by atoms with Gasteiger partial charge < -0.3 is 15.3 Å². The van der Waals surface area contributed by atoms with E-state index in [4.69, 9.17) is 0 Å². The first-order valence-corrected chi connectivity index (χ1v) is 7.53. The molecule has 3 nitrogen and oxygen atoms in total. The van der Waals surface area contributed by atoms with Crippen LogP contribution >= 0.6 is 0 Å². The number of nitrogens with one attached hydrogen (secondary N) is 1. The van der Waals surface area contributed by atoms with Gasteiger partial charge in [0, 0.05) is 18.1 Å². The lowest BCUT2D eigenvalue weighted by atomic mass is 9.84. The molecule has 1 atom stereocenters. The first-order chi connectivity index (χ1) is 8.42. The molecule has 2 rings (SSSR count). The van der Waals surface area contributed by atoms with Gasteiger partial charge in [0.05, 0.1) is 6.61 Å². The van der Waals surface area contributed by atoms with E-state index in [9.17, 15) is 5.11 Å². The highest BCUT2D eigenvalue weighted by Gasteiger charge is 2.33. The summed E-state index contributed by atoms with van der Waals surface area (Å²) in [4.78, 5) is 2.58. The van der Waals surface area contributed by atoms with Gasteiger partial charge in [-0.1, -0.05) is 13.8 Å². The van der Waals surface area contributed by atoms with Gasteiger partial charge in [-0.15, -0.1) is 0 Å². The molecule has 1 aliphatic heterocycles. The quantitative estimate of drug-likeness (QED) is 0.761. The molecular weight excluding hydrogens is 224 g/mol. The molecule has 1 saturated carbocycles. The third-order valence-corrected chi connectivity index (χ3v) is 4.44. The summed E-state index contributed by atoms with van der Waals surface area (Å²) >= 11 is 0. The first-order valence-electron chi connectivity index (χ1n) is 7.53. The summed E-state index contributed by atoms with van der Waals surface area (Å²) in [6.45, 7) is 10.7. The number of likely N-dealkylation sites (tertiary alicyclic amines) is 1. The highest BCUT2D eigenvalue weighted by Crippen LogP contribution is 2.29. The Balaban J connectivity index is 1.78. The van der Waals surface area contributed by atoms with Crippen molar-refractivity contribution in [2.75, 3.05) is 26.2 Å². The Labute approximate surface area is 112 Å². The molecule has 2 fully saturated rings. The van der Waals surface area contributed by atoms with Crippen molar-refractivity contribution in [3.05, 3.63) is 0 Å². The number of rotatable bonds is 6. The molecule has 1 saturated heterocycles. The SMILES string of the molecule is CC1(C)CCCN(CCC(C)(CO)NC2CC2)C1. The molecular formula is C15H30N2O. The lowest BCUT2D eigenvalue weighted by Crippen LogP contribution is -2.50. The Morgan fingerprint density at radius 3 is 2.67 bits per heavy atom. The number of piperidine rings is 1. The van der Waals surface area contributed by atoms with E-state index in [2.05, 4.69) is 31.0 Å². The summed E-state index contributed by atoms with van der Waals surface area (Å²) in [5, 5.41) is 13.2. The number of aliphatic hydroxyl groups is 1. The maximum absolute atomic E-state index is 9.61. The third-order valence-electron chi connectivity index (χ3n) is 4.44. The van der Waals surface area contributed by atoms with Crippen LogP contribution < -0.4 is 5.32 Å². The van der Waals surface area contributed by atoms with Crippen molar-refractivity contribution < 1.29 is 5.11 Å². The van der Waals surface area contributed by atoms with Gasteiger partial charge >= 0.3 is 0 Å². The Kier molecular flexibility index (Phi) is 4.35. The van der Waals surface area contributed by atoms with E-state index in [1.54, 1.807) is 0 Å². The zero-order valence-electron chi connectivity index (χ0n) is 12.3. The van der Waals surface area contributed by atoms with E-state index >= 15 is 0 Å². The molecule has 0 spiro atoms. The zero-order valence-corrected chi connectivity index (χ0v) is 12.3. The summed E-state index contributed by atoms with van der Waals surface area (Å²) in [5.74, 6) is 0. The van der Waals surface area contributed by atoms with Crippen LogP contribution in [0.15, 0.2) is 0 Å². The fourth-order valence-electron chi connectivity index (χ4n) is 3.06. The van der Waals surface area contributed by atoms with E-state index in [1.165, 1.54) is 38.8 Å². The van der Waals surface area contributed by atoms with Crippen molar-refractivity contribution in [3.63, 3.8) is 0 Å². The Bertz CT molecular complexity index is 276. The number of hydrogen-bond acceptors (Lipinski definition) is 3. The van der Waals surface area contributed by atoms with Gasteiger partial charge in [0.2, 0.25) is 0 Å². The van der Waals surface area contributed by atoms with Crippen LogP contribution in [0.1, 0.15) is 52.9 Å². The van der Waals surface area contributed by atoms with Crippen molar-refractivity contribution in [2.45, 2.75) is 64.5 Å². The summed E-state index contributed by atoms with van der Waals surface area (Å²) < 4.78 is 0. The Morgan fingerprint density at radius 1 is 1.39 bits per heavy atom. The minimum Gasteiger partial charge on any atom is -0.394 e. The van der Waals surface area contributed by atoms with Gasteiger partial charge in [0.1, 0.15) is 0 Å². The first kappa shape index (κ1) is 14.3. The van der Waals surface area contributed by atoms with Crippen molar-refractivity contribution in [2.24, 2.45) is 5.41 Å². The van der Waals surface area contributed by atoms with E-state index < -0.39 is 0 Å². The molecule has 0 amide bonds. The highest BCUT2D eigenvalue weighted by molar-refractivity contribution is 4.93. The molecule has 2 aliphatic rings. The van der Waals surface area contributed by atoms with Crippen LogP contribution in [0, 0.1) is 5.41 Å². The van der Waals surface area contributed by atoms with Crippen LogP contribution in [0.2, 0.25) is 0 Å². The van der Waals surface area contributed by atoms with Crippen molar-refractivity contribution in [1.29, 1.82) is 0 Å². The molecule has 1 heterocycles. The van der Waals surface area contributed by atoms with E-state index in [0.29, 0.717) is 11.5 Å². The molecule has 0 bridgehead atoms. The Hall–Kier alpha value is -0.120. The van der Waals surface area contributed by atoms with Gasteiger partial charge in [0.25, 0.3) is 0 Å². The number of aliphatic hydroxyl groups excluding tert-OH is 1. The molecule has 1 aliphatic carbocycles. The molecule has 106 valence electrons. The van der Waals surface area contributed by atoms with Crippen LogP contribution in [-0.4, -0.2) is 47.8 Å². The second kappa shape index (κ2) is 5.48. The number of hydrogen-bond donors (Lipinski definition) is 2. The highest BCUT2D eigenvalue weighted by atomic mass is 16.3. The van der Waals surface area contributed by atoms with Crippen LogP contribution in [-0.2, 0) is 0 Å². The van der Waals surface area contributed by atoms with Gasteiger partial charge in [-0.3, -0.25) is 0 Å². The van der Waals surface area contributed by atoms with Crippen LogP contribution in [0.3, 0.4) is 0 Å². The summed E-state index contributed by atoms with van der Waals surface area (Å²) in [5.41, 5.74) is 0.389. The molecule has 1 unspecified atom stereocenters. The number of nitrogens with zero attached hydrogens (tertiary/aromatic N) is 1. The monoisotopic (exact) mass is 254 g/mol. The molecule has 0 radical (unpaired) electrons. The summed E-state index contributed by atoms with van der Waals surface area (Å²) in [6, 6.07) is 0.667. The van der Waals surface area contributed by atoms with E-state index in [1.807, 2.05) is 0 Å². The van der Waals surface area contributed by atoms with Gasteiger partial charge in [-0.2, -0.15) is 0 Å². The minimum atomic E-state index is -0.0806. The maximum Gasteiger partial charge on any atom is 0.0611 e. The molecule has 0 aromatic carbocycles. The standard InChI is InChI=1S/C15H30N2O/c1-14(2)7-4-9-17(11-14)10-8-15(3,12-18)16-13-5-6-13/h13,16,18H,4-12H2,1-3H3. The average Bonchev–Trinajstić information content (AvgIpc) is 3.09. The minimum absolute atomic E-state index is 0.0806. The largest absolute Gasteiger partial charge is 0.394 e. The average molecular weight is 254 g/mol. The second-order valence-electron chi connectivity index (χ2n) is 7.43. The van der Waals surface area contributed by atoms with Crippen molar-refractivity contribution in [1.82, 2.24) is 10.2 Å². The normalized spacial score (nSPS) is 28.0. The van der Waals surface area contributed by atoms with Crippen molar-refractivity contribution >= 4 is 0 Å². The summed E-state index contributed by atoms with van der Waals surface area (Å²) in [7, 11) is 0.